The maximum atomic E-state index is 9.75. The second-order valence-corrected chi connectivity index (χ2v) is 4.62. The molecule has 0 aliphatic rings. The lowest BCUT2D eigenvalue weighted by atomic mass is 9.99. The molecule has 0 amide bonds. The van der Waals surface area contributed by atoms with E-state index in [0.717, 1.165) is 10.0 Å². The van der Waals surface area contributed by atoms with Crippen molar-refractivity contribution in [2.45, 2.75) is 20.0 Å². The van der Waals surface area contributed by atoms with Crippen LogP contribution >= 0.6 is 27.5 Å². The summed E-state index contributed by atoms with van der Waals surface area (Å²) in [5.74, 6) is 0.216. The molecule has 0 fully saturated rings. The van der Waals surface area contributed by atoms with Crippen LogP contribution in [0.1, 0.15) is 25.5 Å². The highest BCUT2D eigenvalue weighted by molar-refractivity contribution is 9.10. The van der Waals surface area contributed by atoms with Gasteiger partial charge in [-0.15, -0.1) is 0 Å². The van der Waals surface area contributed by atoms with Gasteiger partial charge in [0.2, 0.25) is 0 Å². The first-order valence-electron chi connectivity index (χ1n) is 4.15. The first kappa shape index (κ1) is 11.0. The average Bonchev–Trinajstić information content (AvgIpc) is 2.08. The van der Waals surface area contributed by atoms with Crippen LogP contribution < -0.4 is 0 Å². The first-order valence-corrected chi connectivity index (χ1v) is 5.32. The summed E-state index contributed by atoms with van der Waals surface area (Å²) >= 11 is 9.16. The zero-order chi connectivity index (χ0) is 10.0. The number of rotatable bonds is 2. The Labute approximate surface area is 91.9 Å². The highest BCUT2D eigenvalue weighted by atomic mass is 79.9. The molecule has 1 aromatic rings. The predicted molar refractivity (Wildman–Crippen MR) is 58.9 cm³/mol. The molecule has 0 aromatic heterocycles. The summed E-state index contributed by atoms with van der Waals surface area (Å²) in [7, 11) is 0. The van der Waals surface area contributed by atoms with Crippen molar-refractivity contribution in [1.29, 1.82) is 0 Å². The first-order chi connectivity index (χ1) is 6.02. The van der Waals surface area contributed by atoms with Crippen LogP contribution in [0.25, 0.3) is 0 Å². The Balaban J connectivity index is 2.97. The van der Waals surface area contributed by atoms with Crippen molar-refractivity contribution < 1.29 is 5.11 Å². The number of aliphatic hydroxyl groups is 1. The molecule has 1 unspecified atom stereocenters. The maximum absolute atomic E-state index is 9.75. The Kier molecular flexibility index (Phi) is 3.77. The molecule has 0 saturated heterocycles. The van der Waals surface area contributed by atoms with Crippen molar-refractivity contribution in [2.75, 3.05) is 0 Å². The zero-order valence-electron chi connectivity index (χ0n) is 7.59. The van der Waals surface area contributed by atoms with Gasteiger partial charge in [-0.05, 0) is 39.5 Å². The van der Waals surface area contributed by atoms with Gasteiger partial charge in [-0.3, -0.25) is 0 Å². The number of hydrogen-bond acceptors (Lipinski definition) is 1. The van der Waals surface area contributed by atoms with E-state index in [4.69, 9.17) is 11.6 Å². The lowest BCUT2D eigenvalue weighted by molar-refractivity contribution is 0.127. The quantitative estimate of drug-likeness (QED) is 0.861. The summed E-state index contributed by atoms with van der Waals surface area (Å²) in [6, 6.07) is 5.48. The number of hydrogen-bond donors (Lipinski definition) is 1. The van der Waals surface area contributed by atoms with Crippen molar-refractivity contribution >= 4 is 27.5 Å². The Bertz CT molecular complexity index is 299. The second kappa shape index (κ2) is 4.45. The van der Waals surface area contributed by atoms with Crippen molar-refractivity contribution in [2.24, 2.45) is 5.92 Å². The number of halogens is 2. The van der Waals surface area contributed by atoms with Gasteiger partial charge < -0.3 is 5.11 Å². The SMILES string of the molecule is CC(C)C(O)c1ccc(Cl)c(Br)c1. The highest BCUT2D eigenvalue weighted by Gasteiger charge is 2.12. The van der Waals surface area contributed by atoms with Crippen LogP contribution in [0.5, 0.6) is 0 Å². The van der Waals surface area contributed by atoms with E-state index in [0.29, 0.717) is 5.02 Å². The molecular formula is C10H12BrClO. The lowest BCUT2D eigenvalue weighted by Crippen LogP contribution is -2.04. The van der Waals surface area contributed by atoms with E-state index in [2.05, 4.69) is 15.9 Å². The summed E-state index contributed by atoms with van der Waals surface area (Å²) in [5, 5.41) is 10.4. The summed E-state index contributed by atoms with van der Waals surface area (Å²) in [6.45, 7) is 3.96. The Hall–Kier alpha value is -0.0500. The smallest absolute Gasteiger partial charge is 0.0813 e. The van der Waals surface area contributed by atoms with Gasteiger partial charge in [0.25, 0.3) is 0 Å². The molecule has 0 aliphatic heterocycles. The molecule has 1 atom stereocenters. The number of aliphatic hydroxyl groups excluding tert-OH is 1. The average molecular weight is 264 g/mol. The van der Waals surface area contributed by atoms with Crippen LogP contribution in [0.3, 0.4) is 0 Å². The maximum Gasteiger partial charge on any atom is 0.0813 e. The fourth-order valence-electron chi connectivity index (χ4n) is 1.08. The lowest BCUT2D eigenvalue weighted by Gasteiger charge is -2.15. The predicted octanol–water partition coefficient (Wildman–Crippen LogP) is 3.79. The minimum absolute atomic E-state index is 0.216. The summed E-state index contributed by atoms with van der Waals surface area (Å²) in [6.07, 6.45) is -0.423. The van der Waals surface area contributed by atoms with Gasteiger partial charge in [0.05, 0.1) is 11.1 Å². The molecule has 0 heterocycles. The van der Waals surface area contributed by atoms with Crippen LogP contribution in [0.2, 0.25) is 5.02 Å². The minimum atomic E-state index is -0.423. The van der Waals surface area contributed by atoms with Gasteiger partial charge in [0, 0.05) is 4.47 Å². The molecule has 13 heavy (non-hydrogen) atoms. The van der Waals surface area contributed by atoms with Gasteiger partial charge in [-0.25, -0.2) is 0 Å². The van der Waals surface area contributed by atoms with Crippen LogP contribution in [0.4, 0.5) is 0 Å². The molecule has 1 nitrogen and oxygen atoms in total. The third kappa shape index (κ3) is 2.70. The fourth-order valence-corrected chi connectivity index (χ4v) is 1.60. The molecular weight excluding hydrogens is 251 g/mol. The van der Waals surface area contributed by atoms with Crippen LogP contribution in [0, 0.1) is 5.92 Å². The van der Waals surface area contributed by atoms with Crippen molar-refractivity contribution in [1.82, 2.24) is 0 Å². The molecule has 0 radical (unpaired) electrons. The Morgan fingerprint density at radius 2 is 2.00 bits per heavy atom. The molecule has 1 rings (SSSR count). The topological polar surface area (TPSA) is 20.2 Å². The summed E-state index contributed by atoms with van der Waals surface area (Å²) < 4.78 is 0.825. The van der Waals surface area contributed by atoms with Gasteiger partial charge >= 0.3 is 0 Å². The van der Waals surface area contributed by atoms with Gasteiger partial charge in [-0.1, -0.05) is 31.5 Å². The van der Waals surface area contributed by atoms with E-state index >= 15 is 0 Å². The van der Waals surface area contributed by atoms with E-state index in [1.807, 2.05) is 26.0 Å². The third-order valence-corrected chi connectivity index (χ3v) is 3.13. The highest BCUT2D eigenvalue weighted by Crippen LogP contribution is 2.28. The van der Waals surface area contributed by atoms with Crippen LogP contribution in [0.15, 0.2) is 22.7 Å². The Morgan fingerprint density at radius 3 is 2.46 bits per heavy atom. The van der Waals surface area contributed by atoms with Crippen LogP contribution in [-0.2, 0) is 0 Å². The van der Waals surface area contributed by atoms with Crippen molar-refractivity contribution in [3.63, 3.8) is 0 Å². The van der Waals surface area contributed by atoms with Gasteiger partial charge in [0.1, 0.15) is 0 Å². The monoisotopic (exact) mass is 262 g/mol. The molecule has 1 aromatic carbocycles. The fraction of sp³-hybridized carbons (Fsp3) is 0.400. The van der Waals surface area contributed by atoms with Crippen molar-refractivity contribution in [3.8, 4) is 0 Å². The largest absolute Gasteiger partial charge is 0.388 e. The molecule has 0 aliphatic carbocycles. The summed E-state index contributed by atoms with van der Waals surface area (Å²) in [5.41, 5.74) is 0.895. The normalized spacial score (nSPS) is 13.4. The zero-order valence-corrected chi connectivity index (χ0v) is 9.93. The van der Waals surface area contributed by atoms with Crippen molar-refractivity contribution in [3.05, 3.63) is 33.3 Å². The van der Waals surface area contributed by atoms with E-state index in [1.165, 1.54) is 0 Å². The van der Waals surface area contributed by atoms with E-state index in [9.17, 15) is 5.11 Å². The standard InChI is InChI=1S/C10H12BrClO/c1-6(2)10(13)7-3-4-9(12)8(11)5-7/h3-6,10,13H,1-2H3. The molecule has 3 heteroatoms. The molecule has 0 saturated carbocycles. The van der Waals surface area contributed by atoms with E-state index in [-0.39, 0.29) is 5.92 Å². The molecule has 0 bridgehead atoms. The minimum Gasteiger partial charge on any atom is -0.388 e. The number of benzene rings is 1. The molecule has 72 valence electrons. The van der Waals surface area contributed by atoms with E-state index in [1.54, 1.807) is 6.07 Å². The van der Waals surface area contributed by atoms with Crippen LogP contribution in [-0.4, -0.2) is 5.11 Å². The Morgan fingerprint density at radius 1 is 1.38 bits per heavy atom. The third-order valence-electron chi connectivity index (χ3n) is 1.92. The van der Waals surface area contributed by atoms with Gasteiger partial charge in [0.15, 0.2) is 0 Å². The van der Waals surface area contributed by atoms with Gasteiger partial charge in [-0.2, -0.15) is 0 Å². The second-order valence-electron chi connectivity index (χ2n) is 3.36. The van der Waals surface area contributed by atoms with E-state index < -0.39 is 6.10 Å². The summed E-state index contributed by atoms with van der Waals surface area (Å²) in [4.78, 5) is 0. The molecule has 1 N–H and O–H groups in total. The molecule has 0 spiro atoms.